The van der Waals surface area contributed by atoms with Crippen LogP contribution >= 0.6 is 11.8 Å². The van der Waals surface area contributed by atoms with Crippen molar-refractivity contribution in [2.45, 2.75) is 12.5 Å². The minimum Gasteiger partial charge on any atom is -0.653 e. The maximum absolute atomic E-state index is 10.9. The van der Waals surface area contributed by atoms with Crippen LogP contribution in [-0.2, 0) is 9.53 Å². The van der Waals surface area contributed by atoms with Crippen LogP contribution in [0.25, 0.3) is 5.32 Å². The van der Waals surface area contributed by atoms with Gasteiger partial charge in [0, 0.05) is 0 Å². The van der Waals surface area contributed by atoms with Crippen molar-refractivity contribution in [3.8, 4) is 0 Å². The molecule has 0 heterocycles. The number of carbonyl (C=O) groups excluding carboxylic acids is 1. The van der Waals surface area contributed by atoms with Crippen molar-refractivity contribution >= 4 is 17.7 Å². The van der Waals surface area contributed by atoms with Crippen LogP contribution in [0.2, 0.25) is 0 Å². The summed E-state index contributed by atoms with van der Waals surface area (Å²) in [6, 6.07) is -0.271. The van der Waals surface area contributed by atoms with Gasteiger partial charge in [0.15, 0.2) is 0 Å². The Bertz CT molecular complexity index is 124. The maximum Gasteiger partial charge on any atom is 1.00 e. The SMILES string of the molecule is C[N-]C(CCSC)C(=O)OC.[Rb+]. The van der Waals surface area contributed by atoms with Crippen molar-refractivity contribution in [1.82, 2.24) is 0 Å². The number of ether oxygens (including phenoxy) is 1. The van der Waals surface area contributed by atoms with Crippen molar-refractivity contribution in [3.63, 3.8) is 0 Å². The van der Waals surface area contributed by atoms with Crippen LogP contribution in [0.3, 0.4) is 0 Å². The molecule has 12 heavy (non-hydrogen) atoms. The molecule has 0 aromatic rings. The molecule has 0 rings (SSSR count). The van der Waals surface area contributed by atoms with Crippen LogP contribution in [0.1, 0.15) is 6.42 Å². The molecule has 0 fully saturated rings. The summed E-state index contributed by atoms with van der Waals surface area (Å²) in [6.45, 7) is 0. The van der Waals surface area contributed by atoms with Gasteiger partial charge in [-0.15, -0.1) is 0 Å². The van der Waals surface area contributed by atoms with Gasteiger partial charge in [0.05, 0.1) is 7.11 Å². The zero-order valence-corrected chi connectivity index (χ0v) is 13.9. The van der Waals surface area contributed by atoms with Gasteiger partial charge in [-0.3, -0.25) is 4.79 Å². The third-order valence-electron chi connectivity index (χ3n) is 1.38. The van der Waals surface area contributed by atoms with Crippen LogP contribution in [0, 0.1) is 0 Å². The van der Waals surface area contributed by atoms with Crippen LogP contribution in [0.15, 0.2) is 0 Å². The molecule has 66 valence electrons. The van der Waals surface area contributed by atoms with Crippen molar-refractivity contribution < 1.29 is 67.7 Å². The number of rotatable bonds is 5. The summed E-state index contributed by atoms with van der Waals surface area (Å²) in [4.78, 5) is 10.9. The molecule has 0 aromatic carbocycles. The normalized spacial score (nSPS) is 11.6. The van der Waals surface area contributed by atoms with Crippen LogP contribution < -0.4 is 58.2 Å². The van der Waals surface area contributed by atoms with Crippen molar-refractivity contribution in [2.75, 3.05) is 26.2 Å². The quantitative estimate of drug-likeness (QED) is 0.554. The average molecular weight is 262 g/mol. The second-order valence-corrected chi connectivity index (χ2v) is 3.06. The predicted molar refractivity (Wildman–Crippen MR) is 48.1 cm³/mol. The average Bonchev–Trinajstić information content (AvgIpc) is 2.05. The van der Waals surface area contributed by atoms with E-state index in [-0.39, 0.29) is 70.2 Å². The molecule has 1 atom stereocenters. The molecule has 0 aliphatic rings. The second-order valence-electron chi connectivity index (χ2n) is 2.08. The van der Waals surface area contributed by atoms with E-state index in [9.17, 15) is 4.79 Å². The van der Waals surface area contributed by atoms with E-state index >= 15 is 0 Å². The minimum atomic E-state index is -0.271. The van der Waals surface area contributed by atoms with Gasteiger partial charge in [0.1, 0.15) is 0 Å². The van der Waals surface area contributed by atoms with E-state index in [1.165, 1.54) is 7.11 Å². The number of hydrogen-bond donors (Lipinski definition) is 0. The van der Waals surface area contributed by atoms with Gasteiger partial charge in [0.25, 0.3) is 5.97 Å². The van der Waals surface area contributed by atoms with E-state index in [1.807, 2.05) is 6.26 Å². The summed E-state index contributed by atoms with van der Waals surface area (Å²) >= 11 is 1.71. The summed E-state index contributed by atoms with van der Waals surface area (Å²) in [5, 5.41) is 3.91. The third kappa shape index (κ3) is 7.03. The second kappa shape index (κ2) is 10.7. The number of esters is 1. The molecule has 0 spiro atoms. The van der Waals surface area contributed by atoms with E-state index in [1.54, 1.807) is 18.8 Å². The molecule has 0 amide bonds. The zero-order valence-electron chi connectivity index (χ0n) is 8.16. The van der Waals surface area contributed by atoms with Crippen molar-refractivity contribution in [1.29, 1.82) is 0 Å². The minimum absolute atomic E-state index is 0. The van der Waals surface area contributed by atoms with Gasteiger partial charge in [0.2, 0.25) is 0 Å². The van der Waals surface area contributed by atoms with E-state index < -0.39 is 0 Å². The molecule has 0 aliphatic heterocycles. The topological polar surface area (TPSA) is 40.4 Å². The number of thioether (sulfide) groups is 1. The Kier molecular flexibility index (Phi) is 14.2. The van der Waals surface area contributed by atoms with Gasteiger partial charge in [-0.1, -0.05) is 6.42 Å². The Labute approximate surface area is 127 Å². The van der Waals surface area contributed by atoms with E-state index in [0.717, 1.165) is 12.2 Å². The molecule has 0 aliphatic carbocycles. The summed E-state index contributed by atoms with van der Waals surface area (Å²) in [5.74, 6) is 0.707. The summed E-state index contributed by atoms with van der Waals surface area (Å²) in [5.41, 5.74) is 0. The molecule has 0 saturated carbocycles. The molecule has 5 heteroatoms. The Balaban J connectivity index is 0. The summed E-state index contributed by atoms with van der Waals surface area (Å²) < 4.78 is 4.56. The standard InChI is InChI=1S/C7H14NO2S.Rb/c1-8-6(4-5-11-3)7(9)10-2;/h6H,4-5H2,1-3H3;/q-1;+1. The molecular formula is C7H14NO2RbS. The van der Waals surface area contributed by atoms with Gasteiger partial charge >= 0.3 is 58.2 Å². The largest absolute Gasteiger partial charge is 1.00 e. The monoisotopic (exact) mass is 261 g/mol. The van der Waals surface area contributed by atoms with E-state index in [4.69, 9.17) is 0 Å². The van der Waals surface area contributed by atoms with Gasteiger partial charge < -0.3 is 10.1 Å². The fourth-order valence-electron chi connectivity index (χ4n) is 0.718. The van der Waals surface area contributed by atoms with Crippen LogP contribution in [-0.4, -0.2) is 38.2 Å². The first-order valence-electron chi connectivity index (χ1n) is 3.42. The fourth-order valence-corrected chi connectivity index (χ4v) is 1.18. The summed E-state index contributed by atoms with van der Waals surface area (Å²) in [7, 11) is 3.03. The first-order valence-corrected chi connectivity index (χ1v) is 4.81. The molecule has 1 unspecified atom stereocenters. The maximum atomic E-state index is 10.9. The van der Waals surface area contributed by atoms with Crippen molar-refractivity contribution in [2.24, 2.45) is 0 Å². The molecular weight excluding hydrogens is 248 g/mol. The Morgan fingerprint density at radius 3 is 2.58 bits per heavy atom. The number of nitrogens with zero attached hydrogens (tertiary/aromatic N) is 1. The number of carbonyl (C=O) groups is 1. The summed E-state index contributed by atoms with van der Waals surface area (Å²) in [6.07, 6.45) is 2.77. The first kappa shape index (κ1) is 16.0. The Morgan fingerprint density at radius 1 is 1.67 bits per heavy atom. The molecule has 0 aromatic heterocycles. The smallest absolute Gasteiger partial charge is 0.653 e. The third-order valence-corrected chi connectivity index (χ3v) is 2.02. The molecule has 0 radical (unpaired) electrons. The predicted octanol–water partition coefficient (Wildman–Crippen LogP) is -1.71. The van der Waals surface area contributed by atoms with Crippen LogP contribution in [0.5, 0.6) is 0 Å². The molecule has 0 N–H and O–H groups in total. The zero-order chi connectivity index (χ0) is 8.69. The van der Waals surface area contributed by atoms with Gasteiger partial charge in [-0.2, -0.15) is 18.8 Å². The molecule has 3 nitrogen and oxygen atoms in total. The number of hydrogen-bond acceptors (Lipinski definition) is 3. The van der Waals surface area contributed by atoms with Gasteiger partial charge in [-0.25, -0.2) is 0 Å². The number of methoxy groups -OCH3 is 1. The Hall–Kier alpha value is 1.59. The molecule has 0 saturated heterocycles. The van der Waals surface area contributed by atoms with Crippen LogP contribution in [0.4, 0.5) is 0 Å². The Morgan fingerprint density at radius 2 is 2.25 bits per heavy atom. The fraction of sp³-hybridized carbons (Fsp3) is 0.857. The van der Waals surface area contributed by atoms with Gasteiger partial charge in [-0.05, 0) is 18.1 Å². The van der Waals surface area contributed by atoms with Crippen molar-refractivity contribution in [3.05, 3.63) is 5.32 Å². The molecule has 0 bridgehead atoms. The van der Waals surface area contributed by atoms with E-state index in [0.29, 0.717) is 0 Å². The van der Waals surface area contributed by atoms with E-state index in [2.05, 4.69) is 10.1 Å². The number of likely N-dealkylation sites (N-methyl/N-ethyl adjacent to an activating group) is 1. The first-order chi connectivity index (χ1) is 5.26.